The minimum absolute atomic E-state index is 0.359. The van der Waals surface area contributed by atoms with Gasteiger partial charge >= 0.3 is 0 Å². The molecule has 0 bridgehead atoms. The zero-order valence-corrected chi connectivity index (χ0v) is 13.2. The van der Waals surface area contributed by atoms with Crippen molar-refractivity contribution in [3.05, 3.63) is 0 Å². The van der Waals surface area contributed by atoms with Gasteiger partial charge in [-0.25, -0.2) is 0 Å². The molecule has 21 heavy (non-hydrogen) atoms. The number of carbonyl (C=O) groups is 1. The first-order valence-corrected chi connectivity index (χ1v) is 8.56. The second kappa shape index (κ2) is 7.07. The summed E-state index contributed by atoms with van der Waals surface area (Å²) in [6.45, 7) is 5.77. The SMILES string of the molecule is CNCCN(C1CCOCC1)C1CCN(C(=O)C2CC2)C1. The van der Waals surface area contributed by atoms with Gasteiger partial charge in [0.25, 0.3) is 0 Å². The standard InChI is InChI=1S/C16H29N3O2/c1-17-7-9-19(14-5-10-21-11-6-14)15-4-8-18(12-15)16(20)13-2-3-13/h13-15,17H,2-12H2,1H3. The maximum atomic E-state index is 12.2. The molecule has 3 rings (SSSR count). The summed E-state index contributed by atoms with van der Waals surface area (Å²) in [5.74, 6) is 0.774. The monoisotopic (exact) mass is 295 g/mol. The molecule has 0 spiro atoms. The van der Waals surface area contributed by atoms with Crippen LogP contribution in [0.25, 0.3) is 0 Å². The van der Waals surface area contributed by atoms with E-state index in [-0.39, 0.29) is 0 Å². The molecule has 5 nitrogen and oxygen atoms in total. The van der Waals surface area contributed by atoms with Crippen molar-refractivity contribution in [1.29, 1.82) is 0 Å². The van der Waals surface area contributed by atoms with Crippen molar-refractivity contribution in [3.63, 3.8) is 0 Å². The van der Waals surface area contributed by atoms with Crippen LogP contribution in [0.1, 0.15) is 32.1 Å². The van der Waals surface area contributed by atoms with Gasteiger partial charge in [0.05, 0.1) is 0 Å². The van der Waals surface area contributed by atoms with Gasteiger partial charge in [0.2, 0.25) is 5.91 Å². The summed E-state index contributed by atoms with van der Waals surface area (Å²) in [5, 5.41) is 3.27. The van der Waals surface area contributed by atoms with Gasteiger partial charge in [0.15, 0.2) is 0 Å². The fourth-order valence-electron chi connectivity index (χ4n) is 3.72. The van der Waals surface area contributed by atoms with E-state index in [9.17, 15) is 4.79 Å². The van der Waals surface area contributed by atoms with Gasteiger partial charge < -0.3 is 15.0 Å². The normalized spacial score (nSPS) is 27.5. The van der Waals surface area contributed by atoms with Crippen molar-refractivity contribution in [2.24, 2.45) is 5.92 Å². The highest BCUT2D eigenvalue weighted by atomic mass is 16.5. The molecule has 3 aliphatic rings. The average molecular weight is 295 g/mol. The molecule has 1 unspecified atom stereocenters. The summed E-state index contributed by atoms with van der Waals surface area (Å²) in [4.78, 5) is 17.0. The number of hydrogen-bond donors (Lipinski definition) is 1. The van der Waals surface area contributed by atoms with Gasteiger partial charge in [-0.15, -0.1) is 0 Å². The van der Waals surface area contributed by atoms with E-state index in [0.717, 1.165) is 71.5 Å². The molecule has 1 aliphatic carbocycles. The van der Waals surface area contributed by atoms with Crippen molar-refractivity contribution in [3.8, 4) is 0 Å². The van der Waals surface area contributed by atoms with Crippen LogP contribution in [-0.2, 0) is 9.53 Å². The molecule has 1 N–H and O–H groups in total. The molecule has 5 heteroatoms. The van der Waals surface area contributed by atoms with E-state index in [2.05, 4.69) is 15.1 Å². The topological polar surface area (TPSA) is 44.8 Å². The average Bonchev–Trinajstić information content (AvgIpc) is 3.26. The zero-order chi connectivity index (χ0) is 14.7. The maximum Gasteiger partial charge on any atom is 0.225 e. The van der Waals surface area contributed by atoms with Gasteiger partial charge in [-0.3, -0.25) is 9.69 Å². The summed E-state index contributed by atoms with van der Waals surface area (Å²) in [6.07, 6.45) is 5.64. The van der Waals surface area contributed by atoms with Crippen molar-refractivity contribution in [2.75, 3.05) is 46.4 Å². The fraction of sp³-hybridized carbons (Fsp3) is 0.938. The molecular weight excluding hydrogens is 266 g/mol. The number of rotatable bonds is 6. The minimum atomic E-state index is 0.359. The van der Waals surface area contributed by atoms with E-state index in [4.69, 9.17) is 4.74 Å². The first-order valence-electron chi connectivity index (χ1n) is 8.56. The van der Waals surface area contributed by atoms with Crippen molar-refractivity contribution >= 4 is 5.91 Å². The third-order valence-corrected chi connectivity index (χ3v) is 5.15. The summed E-state index contributed by atoms with van der Waals surface area (Å²) in [5.41, 5.74) is 0. The van der Waals surface area contributed by atoms with E-state index in [1.165, 1.54) is 0 Å². The summed E-state index contributed by atoms with van der Waals surface area (Å²) < 4.78 is 5.51. The van der Waals surface area contributed by atoms with Crippen LogP contribution < -0.4 is 5.32 Å². The quantitative estimate of drug-likeness (QED) is 0.783. The number of nitrogens with one attached hydrogen (secondary N) is 1. The molecule has 2 aliphatic heterocycles. The van der Waals surface area contributed by atoms with Gasteiger partial charge in [-0.05, 0) is 39.2 Å². The molecule has 1 atom stereocenters. The van der Waals surface area contributed by atoms with Crippen molar-refractivity contribution in [2.45, 2.75) is 44.2 Å². The number of amides is 1. The molecule has 120 valence electrons. The smallest absolute Gasteiger partial charge is 0.225 e. The largest absolute Gasteiger partial charge is 0.381 e. The lowest BCUT2D eigenvalue weighted by atomic mass is 10.0. The Bertz CT molecular complexity index is 353. The van der Waals surface area contributed by atoms with Crippen molar-refractivity contribution < 1.29 is 9.53 Å². The molecule has 3 fully saturated rings. The van der Waals surface area contributed by atoms with E-state index >= 15 is 0 Å². The van der Waals surface area contributed by atoms with E-state index in [1.54, 1.807) is 0 Å². The third kappa shape index (κ3) is 3.76. The Morgan fingerprint density at radius 3 is 2.62 bits per heavy atom. The van der Waals surface area contributed by atoms with Crippen LogP contribution in [0.2, 0.25) is 0 Å². The van der Waals surface area contributed by atoms with E-state index in [1.807, 2.05) is 7.05 Å². The highest BCUT2D eigenvalue weighted by molar-refractivity contribution is 5.81. The van der Waals surface area contributed by atoms with Crippen LogP contribution >= 0.6 is 0 Å². The Morgan fingerprint density at radius 2 is 1.95 bits per heavy atom. The number of nitrogens with zero attached hydrogens (tertiary/aromatic N) is 2. The Kier molecular flexibility index (Phi) is 5.14. The van der Waals surface area contributed by atoms with E-state index in [0.29, 0.717) is 23.9 Å². The molecule has 0 aromatic rings. The molecule has 2 heterocycles. The Morgan fingerprint density at radius 1 is 1.19 bits per heavy atom. The third-order valence-electron chi connectivity index (χ3n) is 5.15. The van der Waals surface area contributed by atoms with Gasteiger partial charge in [-0.1, -0.05) is 0 Å². The number of hydrogen-bond acceptors (Lipinski definition) is 4. The van der Waals surface area contributed by atoms with Crippen LogP contribution in [-0.4, -0.2) is 74.2 Å². The first kappa shape index (κ1) is 15.3. The molecule has 2 saturated heterocycles. The maximum absolute atomic E-state index is 12.2. The number of carbonyl (C=O) groups excluding carboxylic acids is 1. The first-order chi connectivity index (χ1) is 10.3. The molecule has 0 aromatic carbocycles. The van der Waals surface area contributed by atoms with Crippen LogP contribution in [0, 0.1) is 5.92 Å². The minimum Gasteiger partial charge on any atom is -0.381 e. The second-order valence-electron chi connectivity index (χ2n) is 6.69. The van der Waals surface area contributed by atoms with E-state index < -0.39 is 0 Å². The second-order valence-corrected chi connectivity index (χ2v) is 6.69. The summed E-state index contributed by atoms with van der Waals surface area (Å²) in [6, 6.07) is 1.18. The van der Waals surface area contributed by atoms with Crippen molar-refractivity contribution in [1.82, 2.24) is 15.1 Å². The van der Waals surface area contributed by atoms with Crippen LogP contribution in [0.3, 0.4) is 0 Å². The summed E-state index contributed by atoms with van der Waals surface area (Å²) >= 11 is 0. The zero-order valence-electron chi connectivity index (χ0n) is 13.2. The molecule has 1 amide bonds. The summed E-state index contributed by atoms with van der Waals surface area (Å²) in [7, 11) is 2.01. The number of likely N-dealkylation sites (tertiary alicyclic amines) is 1. The lowest BCUT2D eigenvalue weighted by Gasteiger charge is -2.38. The Hall–Kier alpha value is -0.650. The molecular formula is C16H29N3O2. The lowest BCUT2D eigenvalue weighted by molar-refractivity contribution is -0.131. The predicted molar refractivity (Wildman–Crippen MR) is 82.2 cm³/mol. The molecule has 0 aromatic heterocycles. The highest BCUT2D eigenvalue weighted by Gasteiger charge is 2.39. The van der Waals surface area contributed by atoms with Gasteiger partial charge in [-0.2, -0.15) is 0 Å². The molecule has 0 radical (unpaired) electrons. The van der Waals surface area contributed by atoms with Gasteiger partial charge in [0.1, 0.15) is 0 Å². The molecule has 1 saturated carbocycles. The lowest BCUT2D eigenvalue weighted by Crippen LogP contribution is -2.49. The van der Waals surface area contributed by atoms with Gasteiger partial charge in [0, 0.05) is 57.4 Å². The fourth-order valence-corrected chi connectivity index (χ4v) is 3.72. The van der Waals surface area contributed by atoms with Crippen LogP contribution in [0.4, 0.5) is 0 Å². The Labute approximate surface area is 128 Å². The van der Waals surface area contributed by atoms with Crippen LogP contribution in [0.5, 0.6) is 0 Å². The number of ether oxygens (including phenoxy) is 1. The van der Waals surface area contributed by atoms with Crippen LogP contribution in [0.15, 0.2) is 0 Å². The number of likely N-dealkylation sites (N-methyl/N-ethyl adjacent to an activating group) is 1. The Balaban J connectivity index is 1.58. The highest BCUT2D eigenvalue weighted by Crippen LogP contribution is 2.33. The predicted octanol–water partition coefficient (Wildman–Crippen LogP) is 0.698.